The highest BCUT2D eigenvalue weighted by atomic mass is 19.1. The summed E-state index contributed by atoms with van der Waals surface area (Å²) in [6.07, 6.45) is 1.81. The summed E-state index contributed by atoms with van der Waals surface area (Å²) in [7, 11) is 1.66. The highest BCUT2D eigenvalue weighted by molar-refractivity contribution is 5.76. The standard InChI is InChI=1S/C24H28FN5O2/c1-16-11-19(5-6-20(16)25)21-12-18(3)30(27-21)15-24(31)29-9-7-28(8-10-29)23-13-22(32-4)17(2)14-26-23/h5-6,11-14H,7-10,15H2,1-4H3. The van der Waals surface area contributed by atoms with E-state index in [0.29, 0.717) is 31.7 Å². The number of aromatic nitrogens is 3. The van der Waals surface area contributed by atoms with Gasteiger partial charge in [0.2, 0.25) is 5.91 Å². The van der Waals surface area contributed by atoms with E-state index in [1.54, 1.807) is 30.8 Å². The molecule has 1 amide bonds. The molecule has 0 aliphatic carbocycles. The van der Waals surface area contributed by atoms with Crippen molar-refractivity contribution in [1.29, 1.82) is 0 Å². The third-order valence-electron chi connectivity index (χ3n) is 5.94. The Morgan fingerprint density at radius 3 is 2.50 bits per heavy atom. The Morgan fingerprint density at radius 1 is 1.06 bits per heavy atom. The van der Waals surface area contributed by atoms with E-state index in [-0.39, 0.29) is 18.3 Å². The van der Waals surface area contributed by atoms with Gasteiger partial charge in [-0.3, -0.25) is 9.48 Å². The van der Waals surface area contributed by atoms with E-state index in [4.69, 9.17) is 4.74 Å². The van der Waals surface area contributed by atoms with Crippen LogP contribution in [0.25, 0.3) is 11.3 Å². The van der Waals surface area contributed by atoms with Gasteiger partial charge in [0.25, 0.3) is 0 Å². The number of hydrogen-bond donors (Lipinski definition) is 0. The third-order valence-corrected chi connectivity index (χ3v) is 5.94. The molecule has 168 valence electrons. The maximum absolute atomic E-state index is 13.6. The first-order valence-corrected chi connectivity index (χ1v) is 10.7. The maximum atomic E-state index is 13.6. The van der Waals surface area contributed by atoms with Crippen LogP contribution in [0.1, 0.15) is 16.8 Å². The Balaban J connectivity index is 1.39. The van der Waals surface area contributed by atoms with E-state index in [1.807, 2.05) is 37.1 Å². The molecule has 0 atom stereocenters. The number of benzene rings is 1. The molecule has 8 heteroatoms. The summed E-state index contributed by atoms with van der Waals surface area (Å²) in [6.45, 7) is 8.48. The SMILES string of the molecule is COc1cc(N2CCN(C(=O)Cn3nc(-c4ccc(F)c(C)c4)cc3C)CC2)ncc1C. The zero-order valence-corrected chi connectivity index (χ0v) is 18.9. The zero-order chi connectivity index (χ0) is 22.8. The molecule has 1 fully saturated rings. The quantitative estimate of drug-likeness (QED) is 0.613. The second kappa shape index (κ2) is 8.98. The van der Waals surface area contributed by atoms with Crippen molar-refractivity contribution < 1.29 is 13.9 Å². The number of carbonyl (C=O) groups is 1. The number of hydrogen-bond acceptors (Lipinski definition) is 5. The number of methoxy groups -OCH3 is 1. The lowest BCUT2D eigenvalue weighted by molar-refractivity contribution is -0.132. The molecule has 3 aromatic rings. The number of anilines is 1. The first kappa shape index (κ1) is 21.8. The van der Waals surface area contributed by atoms with Crippen LogP contribution in [0, 0.1) is 26.6 Å². The van der Waals surface area contributed by atoms with Gasteiger partial charge in [0.05, 0.1) is 12.8 Å². The first-order chi connectivity index (χ1) is 15.4. The average molecular weight is 438 g/mol. The van der Waals surface area contributed by atoms with Gasteiger partial charge in [-0.25, -0.2) is 9.37 Å². The minimum atomic E-state index is -0.237. The van der Waals surface area contributed by atoms with Crippen molar-refractivity contribution in [3.8, 4) is 17.0 Å². The molecule has 2 aromatic heterocycles. The lowest BCUT2D eigenvalue weighted by Crippen LogP contribution is -2.50. The topological polar surface area (TPSA) is 63.5 Å². The second-order valence-electron chi connectivity index (χ2n) is 8.17. The van der Waals surface area contributed by atoms with Crippen LogP contribution in [0.3, 0.4) is 0 Å². The van der Waals surface area contributed by atoms with Gasteiger partial charge in [-0.15, -0.1) is 0 Å². The third kappa shape index (κ3) is 4.44. The molecule has 32 heavy (non-hydrogen) atoms. The molecule has 1 aromatic carbocycles. The van der Waals surface area contributed by atoms with Gasteiger partial charge in [0.1, 0.15) is 23.9 Å². The number of amides is 1. The molecular formula is C24H28FN5O2. The highest BCUT2D eigenvalue weighted by Crippen LogP contribution is 2.24. The zero-order valence-electron chi connectivity index (χ0n) is 18.9. The normalized spacial score (nSPS) is 14.0. The van der Waals surface area contributed by atoms with Crippen LogP contribution in [0.4, 0.5) is 10.2 Å². The van der Waals surface area contributed by atoms with Gasteiger partial charge in [-0.05, 0) is 50.6 Å². The summed E-state index contributed by atoms with van der Waals surface area (Å²) >= 11 is 0. The Hall–Kier alpha value is -3.42. The number of aryl methyl sites for hydroxylation is 3. The van der Waals surface area contributed by atoms with Crippen LogP contribution < -0.4 is 9.64 Å². The van der Waals surface area contributed by atoms with Gasteiger partial charge in [0.15, 0.2) is 0 Å². The van der Waals surface area contributed by atoms with Gasteiger partial charge >= 0.3 is 0 Å². The lowest BCUT2D eigenvalue weighted by Gasteiger charge is -2.35. The molecule has 7 nitrogen and oxygen atoms in total. The summed E-state index contributed by atoms with van der Waals surface area (Å²) in [5.74, 6) is 1.47. The molecule has 0 N–H and O–H groups in total. The van der Waals surface area contributed by atoms with Gasteiger partial charge in [0, 0.05) is 55.3 Å². The number of ether oxygens (including phenoxy) is 1. The predicted octanol–water partition coefficient (Wildman–Crippen LogP) is 3.37. The fourth-order valence-electron chi connectivity index (χ4n) is 3.92. The largest absolute Gasteiger partial charge is 0.496 e. The van der Waals surface area contributed by atoms with Gasteiger partial charge in [-0.2, -0.15) is 5.10 Å². The Bertz CT molecular complexity index is 1140. The van der Waals surface area contributed by atoms with Crippen molar-refractivity contribution in [2.24, 2.45) is 0 Å². The van der Waals surface area contributed by atoms with Crippen LogP contribution in [0.2, 0.25) is 0 Å². The molecule has 0 radical (unpaired) electrons. The van der Waals surface area contributed by atoms with E-state index in [0.717, 1.165) is 34.1 Å². The minimum Gasteiger partial charge on any atom is -0.496 e. The molecule has 0 unspecified atom stereocenters. The van der Waals surface area contributed by atoms with Crippen LogP contribution >= 0.6 is 0 Å². The molecule has 0 saturated carbocycles. The predicted molar refractivity (Wildman–Crippen MR) is 121 cm³/mol. The van der Waals surface area contributed by atoms with Crippen molar-refractivity contribution in [2.45, 2.75) is 27.3 Å². The molecule has 1 saturated heterocycles. The summed E-state index contributed by atoms with van der Waals surface area (Å²) < 4.78 is 20.7. The number of nitrogens with zero attached hydrogens (tertiary/aromatic N) is 5. The first-order valence-electron chi connectivity index (χ1n) is 10.7. The number of piperazine rings is 1. The summed E-state index contributed by atoms with van der Waals surface area (Å²) in [4.78, 5) is 21.5. The van der Waals surface area contributed by atoms with E-state index in [1.165, 1.54) is 6.07 Å². The molecular weight excluding hydrogens is 409 g/mol. The van der Waals surface area contributed by atoms with Crippen molar-refractivity contribution in [3.63, 3.8) is 0 Å². The van der Waals surface area contributed by atoms with E-state index in [9.17, 15) is 9.18 Å². The van der Waals surface area contributed by atoms with Crippen LogP contribution in [-0.2, 0) is 11.3 Å². The number of halogens is 1. The van der Waals surface area contributed by atoms with Crippen LogP contribution in [0.5, 0.6) is 5.75 Å². The smallest absolute Gasteiger partial charge is 0.244 e. The Morgan fingerprint density at radius 2 is 1.81 bits per heavy atom. The van der Waals surface area contributed by atoms with Crippen LogP contribution in [0.15, 0.2) is 36.5 Å². The fourth-order valence-corrected chi connectivity index (χ4v) is 3.92. The van der Waals surface area contributed by atoms with Crippen molar-refractivity contribution in [1.82, 2.24) is 19.7 Å². The Kier molecular flexibility index (Phi) is 6.12. The van der Waals surface area contributed by atoms with Crippen molar-refractivity contribution >= 4 is 11.7 Å². The minimum absolute atomic E-state index is 0.0344. The summed E-state index contributed by atoms with van der Waals surface area (Å²) in [5, 5.41) is 4.59. The van der Waals surface area contributed by atoms with E-state index in [2.05, 4.69) is 15.0 Å². The molecule has 0 spiro atoms. The molecule has 4 rings (SSSR count). The average Bonchev–Trinajstić information content (AvgIpc) is 3.16. The lowest BCUT2D eigenvalue weighted by atomic mass is 10.1. The maximum Gasteiger partial charge on any atom is 0.244 e. The molecule has 1 aliphatic rings. The van der Waals surface area contributed by atoms with Crippen molar-refractivity contribution in [2.75, 3.05) is 38.2 Å². The fraction of sp³-hybridized carbons (Fsp3) is 0.375. The summed E-state index contributed by atoms with van der Waals surface area (Å²) in [5.41, 5.74) is 4.04. The Labute approximate surface area is 187 Å². The molecule has 3 heterocycles. The molecule has 0 bridgehead atoms. The summed E-state index contributed by atoms with van der Waals surface area (Å²) in [6, 6.07) is 8.80. The number of carbonyl (C=O) groups excluding carboxylic acids is 1. The second-order valence-corrected chi connectivity index (χ2v) is 8.17. The number of rotatable bonds is 5. The molecule has 1 aliphatic heterocycles. The van der Waals surface area contributed by atoms with E-state index >= 15 is 0 Å². The highest BCUT2D eigenvalue weighted by Gasteiger charge is 2.23. The van der Waals surface area contributed by atoms with Gasteiger partial charge < -0.3 is 14.5 Å². The van der Waals surface area contributed by atoms with Crippen molar-refractivity contribution in [3.05, 3.63) is 59.2 Å². The van der Waals surface area contributed by atoms with E-state index < -0.39 is 0 Å². The number of pyridine rings is 1. The van der Waals surface area contributed by atoms with Crippen LogP contribution in [-0.4, -0.2) is 58.9 Å². The van der Waals surface area contributed by atoms with Gasteiger partial charge in [-0.1, -0.05) is 0 Å². The monoisotopic (exact) mass is 437 g/mol.